The molecule has 0 spiro atoms. The Morgan fingerprint density at radius 3 is 1.78 bits per heavy atom. The number of hydrogen-bond donors (Lipinski definition) is 0. The number of rotatable bonds is 16. The zero-order valence-corrected chi connectivity index (χ0v) is 25.0. The summed E-state index contributed by atoms with van der Waals surface area (Å²) in [6.07, 6.45) is -1.77. The Balaban J connectivity index is 1.94. The Hall–Kier alpha value is -3.05. The van der Waals surface area contributed by atoms with Crippen LogP contribution in [0.25, 0.3) is 0 Å². The van der Waals surface area contributed by atoms with Crippen molar-refractivity contribution in [1.29, 1.82) is 0 Å². The maximum Gasteiger partial charge on any atom is 0.329 e. The molecule has 0 aromatic heterocycles. The van der Waals surface area contributed by atoms with E-state index < -0.39 is 30.0 Å². The summed E-state index contributed by atoms with van der Waals surface area (Å²) in [5, 5.41) is -1.29. The van der Waals surface area contributed by atoms with Crippen molar-refractivity contribution in [3.8, 4) is 17.2 Å². The van der Waals surface area contributed by atoms with Gasteiger partial charge in [-0.25, -0.2) is 0 Å². The quantitative estimate of drug-likeness (QED) is 0.101. The van der Waals surface area contributed by atoms with E-state index in [4.69, 9.17) is 61.1 Å². The minimum absolute atomic E-state index is 0.0359. The summed E-state index contributed by atoms with van der Waals surface area (Å²) in [4.78, 5) is 13.5. The van der Waals surface area contributed by atoms with Crippen LogP contribution in [0.1, 0.15) is 42.0 Å². The number of ether oxygens (including phenoxy) is 8. The summed E-state index contributed by atoms with van der Waals surface area (Å²) < 4.78 is 44.2. The van der Waals surface area contributed by atoms with E-state index in [0.717, 1.165) is 11.1 Å². The summed E-state index contributed by atoms with van der Waals surface area (Å²) in [5.74, 6) is -0.399. The molecule has 0 amide bonds. The van der Waals surface area contributed by atoms with Gasteiger partial charge in [0, 0.05) is 19.8 Å². The maximum absolute atomic E-state index is 13.5. The zero-order chi connectivity index (χ0) is 29.8. The van der Waals surface area contributed by atoms with Crippen LogP contribution in [0.4, 0.5) is 0 Å². The first-order valence-corrected chi connectivity index (χ1v) is 13.5. The van der Waals surface area contributed by atoms with Crippen LogP contribution in [0, 0.1) is 0 Å². The van der Waals surface area contributed by atoms with Gasteiger partial charge in [-0.2, -0.15) is 0 Å². The summed E-state index contributed by atoms with van der Waals surface area (Å²) >= 11 is 13.4. The predicted octanol–water partition coefficient (Wildman–Crippen LogP) is 6.65. The fourth-order valence-corrected chi connectivity index (χ4v) is 4.23. The van der Waals surface area contributed by atoms with Gasteiger partial charge in [-0.3, -0.25) is 4.79 Å². The number of benzene rings is 3. The molecule has 0 radical (unpaired) electrons. The molecule has 0 saturated carbocycles. The molecular formula is C30H34Cl2O9. The molecule has 0 bridgehead atoms. The third-order valence-corrected chi connectivity index (χ3v) is 6.78. The van der Waals surface area contributed by atoms with Crippen LogP contribution in [0.5, 0.6) is 17.2 Å². The monoisotopic (exact) mass is 608 g/mol. The SMILES string of the molecule is COc1c(Cl)c(C(Cl)C(=O)OC(c2ccccc2)c2ccccc2)cc(OCOC(C)OC)c1OCOC(C)OC. The first kappa shape index (κ1) is 32.5. The molecule has 0 saturated heterocycles. The Bertz CT molecular complexity index is 1190. The van der Waals surface area contributed by atoms with E-state index >= 15 is 0 Å². The van der Waals surface area contributed by atoms with Crippen LogP contribution in [-0.4, -0.2) is 53.5 Å². The summed E-state index contributed by atoms with van der Waals surface area (Å²) in [6, 6.07) is 20.2. The standard InChI is InChI=1S/C30H34Cl2O9/c1-19(34-3)37-17-39-24-16-23(25(31)29(36-5)28(24)40-18-38-20(2)35-4)26(32)30(33)41-27(21-12-8-6-9-13-21)22-14-10-7-11-15-22/h6-16,19-20,26-27H,17-18H2,1-5H3. The first-order chi connectivity index (χ1) is 19.8. The molecule has 11 heteroatoms. The van der Waals surface area contributed by atoms with E-state index in [1.807, 2.05) is 60.7 Å². The second-order valence-electron chi connectivity index (χ2n) is 8.61. The van der Waals surface area contributed by atoms with Crippen molar-refractivity contribution in [2.45, 2.75) is 37.9 Å². The first-order valence-electron chi connectivity index (χ1n) is 12.7. The van der Waals surface area contributed by atoms with Gasteiger partial charge in [0.05, 0.1) is 12.1 Å². The van der Waals surface area contributed by atoms with Gasteiger partial charge in [-0.05, 0) is 31.0 Å². The lowest BCUT2D eigenvalue weighted by Gasteiger charge is -2.23. The van der Waals surface area contributed by atoms with Crippen molar-refractivity contribution in [1.82, 2.24) is 0 Å². The van der Waals surface area contributed by atoms with Crippen LogP contribution in [-0.2, 0) is 28.5 Å². The van der Waals surface area contributed by atoms with Gasteiger partial charge in [0.25, 0.3) is 0 Å². The highest BCUT2D eigenvalue weighted by Gasteiger charge is 2.31. The molecule has 222 valence electrons. The molecule has 0 fully saturated rings. The lowest BCUT2D eigenvalue weighted by molar-refractivity contribution is -0.155. The average molecular weight is 609 g/mol. The number of methoxy groups -OCH3 is 3. The van der Waals surface area contributed by atoms with E-state index in [1.165, 1.54) is 27.4 Å². The van der Waals surface area contributed by atoms with Crippen LogP contribution in [0.2, 0.25) is 5.02 Å². The van der Waals surface area contributed by atoms with Gasteiger partial charge in [0.1, 0.15) is 0 Å². The maximum atomic E-state index is 13.5. The molecule has 0 aliphatic carbocycles. The predicted molar refractivity (Wildman–Crippen MR) is 154 cm³/mol. The normalized spacial score (nSPS) is 13.4. The molecule has 3 unspecified atom stereocenters. The van der Waals surface area contributed by atoms with Crippen molar-refractivity contribution >= 4 is 29.2 Å². The smallest absolute Gasteiger partial charge is 0.329 e. The Morgan fingerprint density at radius 2 is 1.29 bits per heavy atom. The Morgan fingerprint density at radius 1 is 0.780 bits per heavy atom. The van der Waals surface area contributed by atoms with Gasteiger partial charge in [-0.1, -0.05) is 72.3 Å². The van der Waals surface area contributed by atoms with Crippen molar-refractivity contribution in [3.05, 3.63) is 88.4 Å². The van der Waals surface area contributed by atoms with Crippen LogP contribution >= 0.6 is 23.2 Å². The topological polar surface area (TPSA) is 90.9 Å². The van der Waals surface area contributed by atoms with E-state index in [1.54, 1.807) is 13.8 Å². The van der Waals surface area contributed by atoms with Crippen LogP contribution in [0.3, 0.4) is 0 Å². The molecule has 3 rings (SSSR count). The Labute approximate surface area is 250 Å². The molecule has 0 aliphatic rings. The molecule has 3 aromatic rings. The summed E-state index contributed by atoms with van der Waals surface area (Å²) in [7, 11) is 4.39. The number of alkyl halides is 1. The third-order valence-electron chi connectivity index (χ3n) is 5.98. The van der Waals surface area contributed by atoms with Gasteiger partial charge >= 0.3 is 5.97 Å². The van der Waals surface area contributed by atoms with Crippen LogP contribution in [0.15, 0.2) is 66.7 Å². The van der Waals surface area contributed by atoms with Crippen molar-refractivity contribution < 1.29 is 42.7 Å². The number of esters is 1. The van der Waals surface area contributed by atoms with Crippen molar-refractivity contribution in [2.75, 3.05) is 34.9 Å². The molecule has 0 heterocycles. The molecule has 9 nitrogen and oxygen atoms in total. The Kier molecular flexibility index (Phi) is 13.0. The third kappa shape index (κ3) is 8.97. The van der Waals surface area contributed by atoms with E-state index in [9.17, 15) is 4.79 Å². The molecule has 0 N–H and O–H groups in total. The minimum atomic E-state index is -1.33. The number of halogens is 2. The largest absolute Gasteiger partial charge is 0.491 e. The van der Waals surface area contributed by atoms with E-state index in [-0.39, 0.29) is 41.4 Å². The van der Waals surface area contributed by atoms with Gasteiger partial charge in [0.2, 0.25) is 5.75 Å². The highest BCUT2D eigenvalue weighted by atomic mass is 35.5. The van der Waals surface area contributed by atoms with Crippen molar-refractivity contribution in [2.24, 2.45) is 0 Å². The number of hydrogen-bond acceptors (Lipinski definition) is 9. The highest BCUT2D eigenvalue weighted by Crippen LogP contribution is 2.48. The lowest BCUT2D eigenvalue weighted by atomic mass is 10.0. The minimum Gasteiger partial charge on any atom is -0.491 e. The number of carbonyl (C=O) groups is 1. The molecule has 41 heavy (non-hydrogen) atoms. The summed E-state index contributed by atoms with van der Waals surface area (Å²) in [6.45, 7) is 2.98. The zero-order valence-electron chi connectivity index (χ0n) is 23.5. The molecule has 0 aliphatic heterocycles. The van der Waals surface area contributed by atoms with Gasteiger partial charge in [0.15, 0.2) is 49.1 Å². The highest BCUT2D eigenvalue weighted by molar-refractivity contribution is 6.36. The van der Waals surface area contributed by atoms with Crippen LogP contribution < -0.4 is 14.2 Å². The second kappa shape index (κ2) is 16.4. The van der Waals surface area contributed by atoms with E-state index in [2.05, 4.69) is 0 Å². The van der Waals surface area contributed by atoms with Gasteiger partial charge < -0.3 is 37.9 Å². The second-order valence-corrected chi connectivity index (χ2v) is 9.42. The lowest BCUT2D eigenvalue weighted by Crippen LogP contribution is -2.19. The van der Waals surface area contributed by atoms with Gasteiger partial charge in [-0.15, -0.1) is 11.6 Å². The average Bonchev–Trinajstić information content (AvgIpc) is 3.00. The molecule has 3 atom stereocenters. The number of carbonyl (C=O) groups excluding carboxylic acids is 1. The molecular weight excluding hydrogens is 575 g/mol. The summed E-state index contributed by atoms with van der Waals surface area (Å²) in [5.41, 5.74) is 1.74. The fourth-order valence-electron chi connectivity index (χ4n) is 3.63. The fraction of sp³-hybridized carbons (Fsp3) is 0.367. The molecule has 3 aromatic carbocycles. The van der Waals surface area contributed by atoms with Crippen molar-refractivity contribution in [3.63, 3.8) is 0 Å². The van der Waals surface area contributed by atoms with E-state index in [0.29, 0.717) is 0 Å².